The molecule has 0 unspecified atom stereocenters. The molecule has 2 aromatic heterocycles. The summed E-state index contributed by atoms with van der Waals surface area (Å²) in [7, 11) is 0. The van der Waals surface area contributed by atoms with Gasteiger partial charge in [0.25, 0.3) is 0 Å². The van der Waals surface area contributed by atoms with E-state index in [0.29, 0.717) is 55.9 Å². The molecule has 0 N–H and O–H groups in total. The van der Waals surface area contributed by atoms with Gasteiger partial charge in [-0.2, -0.15) is 36.8 Å². The van der Waals surface area contributed by atoms with Crippen LogP contribution in [0.5, 0.6) is 0 Å². The lowest BCUT2D eigenvalue weighted by molar-refractivity contribution is 1.28. The van der Waals surface area contributed by atoms with Crippen LogP contribution >= 0.6 is 0 Å². The fourth-order valence-corrected chi connectivity index (χ4v) is 6.82. The number of hydrogen-bond donors (Lipinski definition) is 0. The van der Waals surface area contributed by atoms with E-state index < -0.39 is 0 Å². The number of hydrogen-bond acceptors (Lipinski definition) is 9. The molecule has 3 aromatic carbocycles. The summed E-state index contributed by atoms with van der Waals surface area (Å²) in [6, 6.07) is 37.7. The predicted octanol–water partition coefficient (Wildman–Crippen LogP) is 8.41. The molecule has 0 amide bonds. The van der Waals surface area contributed by atoms with E-state index in [1.54, 1.807) is 60.9 Å². The average Bonchev–Trinajstić information content (AvgIpc) is 3.72. The highest BCUT2D eigenvalue weighted by molar-refractivity contribution is 6.34. The standard InChI is InChI=1S/C44H16N10/c1-52-30-14-27(20-47)13-29(15-30)36(22-49)42-34-17-31-33(16-32(34)38(24-51)44(42)40-7-3-5-9-54-40)41(43(37(31)23-50)39-6-2-4-8-53-39)35(21-48)28-11-25(18-45)10-26(12-28)19-46/h2-17H/b41-35-,42-36-. The molecule has 0 radical (unpaired) electrons. The molecule has 0 spiro atoms. The quantitative estimate of drug-likeness (QED) is 0.132. The van der Waals surface area contributed by atoms with Crippen molar-refractivity contribution in [1.29, 1.82) is 36.8 Å². The van der Waals surface area contributed by atoms with Crippen LogP contribution in [0.25, 0.3) is 49.4 Å². The first-order valence-corrected chi connectivity index (χ1v) is 15.9. The van der Waals surface area contributed by atoms with Crippen molar-refractivity contribution in [3.63, 3.8) is 0 Å². The smallest absolute Gasteiger partial charge is 0.189 e. The van der Waals surface area contributed by atoms with Gasteiger partial charge < -0.3 is 0 Å². The van der Waals surface area contributed by atoms with Crippen molar-refractivity contribution in [3.05, 3.63) is 170 Å². The van der Waals surface area contributed by atoms with Crippen LogP contribution < -0.4 is 0 Å². The fourth-order valence-electron chi connectivity index (χ4n) is 6.82. The maximum absolute atomic E-state index is 10.8. The molecule has 10 nitrogen and oxygen atoms in total. The Bertz CT molecular complexity index is 2730. The number of fused-ring (bicyclic) bond motifs is 2. The molecule has 0 atom stereocenters. The second kappa shape index (κ2) is 13.6. The average molecular weight is 685 g/mol. The number of rotatable bonds is 4. The lowest BCUT2D eigenvalue weighted by Gasteiger charge is -2.14. The maximum Gasteiger partial charge on any atom is 0.189 e. The van der Waals surface area contributed by atoms with Crippen molar-refractivity contribution < 1.29 is 0 Å². The summed E-state index contributed by atoms with van der Waals surface area (Å²) in [5.74, 6) is 0. The molecule has 0 saturated heterocycles. The lowest BCUT2D eigenvalue weighted by Crippen LogP contribution is -1.97. The molecule has 10 heteroatoms. The van der Waals surface area contributed by atoms with Crippen LogP contribution in [0.4, 0.5) is 5.69 Å². The van der Waals surface area contributed by atoms with Crippen molar-refractivity contribution in [2.45, 2.75) is 0 Å². The third-order valence-electron chi connectivity index (χ3n) is 8.97. The monoisotopic (exact) mass is 684 g/mol. The van der Waals surface area contributed by atoms with Crippen molar-refractivity contribution in [2.75, 3.05) is 0 Å². The normalized spacial score (nSPS) is 14.1. The van der Waals surface area contributed by atoms with Crippen LogP contribution in [0.2, 0.25) is 0 Å². The molecule has 0 bridgehead atoms. The first kappa shape index (κ1) is 33.3. The van der Waals surface area contributed by atoms with Crippen LogP contribution in [0, 0.1) is 85.9 Å². The number of pyridine rings is 2. The Hall–Kier alpha value is -9.16. The summed E-state index contributed by atoms with van der Waals surface area (Å²) in [6.45, 7) is 7.62. The molecule has 2 heterocycles. The molecule has 7 rings (SSSR count). The van der Waals surface area contributed by atoms with Gasteiger partial charge in [0.05, 0.1) is 69.6 Å². The number of aromatic nitrogens is 2. The van der Waals surface area contributed by atoms with Crippen LogP contribution in [0.3, 0.4) is 0 Å². The Morgan fingerprint density at radius 2 is 0.944 bits per heavy atom. The number of nitriles is 7. The molecule has 5 aromatic rings. The van der Waals surface area contributed by atoms with E-state index in [2.05, 4.69) is 39.1 Å². The molecule has 2 aliphatic carbocycles. The third-order valence-corrected chi connectivity index (χ3v) is 8.97. The first-order valence-electron chi connectivity index (χ1n) is 15.9. The van der Waals surface area contributed by atoms with E-state index in [1.807, 2.05) is 18.2 Å². The van der Waals surface area contributed by atoms with Gasteiger partial charge in [0, 0.05) is 51.4 Å². The van der Waals surface area contributed by atoms with E-state index in [0.717, 1.165) is 0 Å². The third kappa shape index (κ3) is 5.31. The van der Waals surface area contributed by atoms with Crippen LogP contribution in [-0.2, 0) is 0 Å². The minimum Gasteiger partial charge on any atom is -0.256 e. The van der Waals surface area contributed by atoms with Gasteiger partial charge in [0.15, 0.2) is 5.69 Å². The van der Waals surface area contributed by atoms with Crippen LogP contribution in [0.1, 0.15) is 61.5 Å². The van der Waals surface area contributed by atoms with Crippen LogP contribution in [0.15, 0.2) is 97.3 Å². The molecule has 242 valence electrons. The van der Waals surface area contributed by atoms with Crippen molar-refractivity contribution >= 4 is 50.3 Å². The Labute approximate surface area is 309 Å². The molecule has 54 heavy (non-hydrogen) atoms. The van der Waals surface area contributed by atoms with E-state index >= 15 is 0 Å². The first-order chi connectivity index (χ1) is 26.4. The zero-order valence-corrected chi connectivity index (χ0v) is 27.7. The second-order valence-electron chi connectivity index (χ2n) is 11.8. The molecular formula is C44H16N10. The Kier molecular flexibility index (Phi) is 8.41. The summed E-state index contributed by atoms with van der Waals surface area (Å²) >= 11 is 0. The minimum atomic E-state index is 0.0645. The molecular weight excluding hydrogens is 669 g/mol. The topological polar surface area (TPSA) is 197 Å². The van der Waals surface area contributed by atoms with Gasteiger partial charge in [-0.25, -0.2) is 4.85 Å². The summed E-state index contributed by atoms with van der Waals surface area (Å²) in [5.41, 5.74) is 5.27. The molecule has 2 aliphatic rings. The van der Waals surface area contributed by atoms with E-state index in [-0.39, 0.29) is 55.8 Å². The van der Waals surface area contributed by atoms with Gasteiger partial charge in [0.1, 0.15) is 24.3 Å². The Balaban J connectivity index is 1.66. The Morgan fingerprint density at radius 3 is 1.31 bits per heavy atom. The number of nitrogens with zero attached hydrogens (tertiary/aromatic N) is 10. The zero-order chi connectivity index (χ0) is 37.9. The maximum atomic E-state index is 10.8. The fraction of sp³-hybridized carbons (Fsp3) is 0. The highest BCUT2D eigenvalue weighted by Crippen LogP contribution is 2.55. The van der Waals surface area contributed by atoms with Crippen molar-refractivity contribution in [1.82, 2.24) is 9.97 Å². The van der Waals surface area contributed by atoms with Crippen LogP contribution in [-0.4, -0.2) is 9.97 Å². The van der Waals surface area contributed by atoms with Gasteiger partial charge in [-0.1, -0.05) is 12.1 Å². The predicted molar refractivity (Wildman–Crippen MR) is 198 cm³/mol. The van der Waals surface area contributed by atoms with Gasteiger partial charge in [0.2, 0.25) is 0 Å². The SMILES string of the molecule is [C-]#[N+]c1cc(C#N)cc(/C(C#N)=C2\C(c3ccccn3)=C(C#N)c3cc4c(cc32)C(C#N)=C(c2ccccn2)/C4=C(/C#N)c2cc(C#N)cc(C#N)c2)c1. The summed E-state index contributed by atoms with van der Waals surface area (Å²) in [4.78, 5) is 12.6. The van der Waals surface area contributed by atoms with E-state index in [4.69, 9.17) is 6.57 Å². The molecule has 0 saturated carbocycles. The highest BCUT2D eigenvalue weighted by Gasteiger charge is 2.38. The highest BCUT2D eigenvalue weighted by atomic mass is 14.7. The largest absolute Gasteiger partial charge is 0.256 e. The Morgan fingerprint density at radius 1 is 0.500 bits per heavy atom. The van der Waals surface area contributed by atoms with E-state index in [9.17, 15) is 36.8 Å². The van der Waals surface area contributed by atoms with Gasteiger partial charge in [-0.05, 0) is 95.1 Å². The van der Waals surface area contributed by atoms with Gasteiger partial charge in [-0.3, -0.25) is 9.97 Å². The van der Waals surface area contributed by atoms with Gasteiger partial charge in [-0.15, -0.1) is 0 Å². The molecule has 0 fully saturated rings. The van der Waals surface area contributed by atoms with Crippen molar-refractivity contribution in [2.24, 2.45) is 0 Å². The van der Waals surface area contributed by atoms with Crippen molar-refractivity contribution in [3.8, 4) is 42.5 Å². The molecule has 0 aliphatic heterocycles. The number of benzene rings is 3. The second-order valence-corrected chi connectivity index (χ2v) is 11.8. The summed E-state index contributed by atoms with van der Waals surface area (Å²) in [6.07, 6.45) is 3.11. The summed E-state index contributed by atoms with van der Waals surface area (Å²) in [5, 5.41) is 72.5. The minimum absolute atomic E-state index is 0.0645. The van der Waals surface area contributed by atoms with Gasteiger partial charge >= 0.3 is 0 Å². The number of allylic oxidation sites excluding steroid dienone is 8. The summed E-state index contributed by atoms with van der Waals surface area (Å²) < 4.78 is 0. The zero-order valence-electron chi connectivity index (χ0n) is 27.7. The lowest BCUT2D eigenvalue weighted by atomic mass is 9.87. The van der Waals surface area contributed by atoms with E-state index in [1.165, 1.54) is 36.4 Å².